The standard InChI is InChI=1S/C11H7ClN4O3/c1-5-9-6(3-8(12)10(5)16(18)19)2-7(4-13)11(14)15(9)17/h2-3,14,17H,1H3. The molecule has 0 unspecified atom stereocenters. The molecule has 2 N–H and O–H groups in total. The summed E-state index contributed by atoms with van der Waals surface area (Å²) in [6.07, 6.45) is 0. The molecule has 0 atom stereocenters. The Morgan fingerprint density at radius 1 is 1.58 bits per heavy atom. The molecule has 2 rings (SSSR count). The van der Waals surface area contributed by atoms with Gasteiger partial charge in [0.2, 0.25) is 0 Å². The second-order valence-corrected chi connectivity index (χ2v) is 4.26. The van der Waals surface area contributed by atoms with Crippen molar-refractivity contribution in [3.8, 4) is 6.07 Å². The Bertz CT molecular complexity index is 820. The summed E-state index contributed by atoms with van der Waals surface area (Å²) >= 11 is 5.83. The highest BCUT2D eigenvalue weighted by Crippen LogP contribution is 2.33. The number of aryl methyl sites for hydroxylation is 1. The molecule has 0 fully saturated rings. The summed E-state index contributed by atoms with van der Waals surface area (Å²) in [5.41, 5.74) is -0.608. The van der Waals surface area contributed by atoms with E-state index >= 15 is 0 Å². The number of nitro groups is 1. The van der Waals surface area contributed by atoms with Gasteiger partial charge in [-0.3, -0.25) is 15.5 Å². The molecule has 19 heavy (non-hydrogen) atoms. The van der Waals surface area contributed by atoms with E-state index in [1.54, 1.807) is 6.07 Å². The molecule has 1 aromatic heterocycles. The van der Waals surface area contributed by atoms with Crippen molar-refractivity contribution in [2.75, 3.05) is 0 Å². The minimum atomic E-state index is -0.654. The van der Waals surface area contributed by atoms with E-state index in [0.717, 1.165) is 0 Å². The van der Waals surface area contributed by atoms with E-state index < -0.39 is 10.4 Å². The van der Waals surface area contributed by atoms with E-state index in [-0.39, 0.29) is 27.4 Å². The first-order valence-electron chi connectivity index (χ1n) is 5.05. The van der Waals surface area contributed by atoms with Gasteiger partial charge in [0.25, 0.3) is 5.69 Å². The maximum absolute atomic E-state index is 10.9. The van der Waals surface area contributed by atoms with Crippen LogP contribution < -0.4 is 5.49 Å². The molecule has 0 aliphatic carbocycles. The van der Waals surface area contributed by atoms with Crippen LogP contribution in [0.2, 0.25) is 5.02 Å². The van der Waals surface area contributed by atoms with Crippen LogP contribution in [-0.4, -0.2) is 14.9 Å². The lowest BCUT2D eigenvalue weighted by Crippen LogP contribution is -2.21. The molecule has 8 heteroatoms. The number of fused-ring (bicyclic) bond motifs is 1. The summed E-state index contributed by atoms with van der Waals surface area (Å²) in [6.45, 7) is 1.42. The molecule has 0 radical (unpaired) electrons. The number of halogens is 1. The zero-order valence-electron chi connectivity index (χ0n) is 9.64. The van der Waals surface area contributed by atoms with Crippen LogP contribution >= 0.6 is 11.6 Å². The van der Waals surface area contributed by atoms with Crippen molar-refractivity contribution in [1.82, 2.24) is 4.73 Å². The van der Waals surface area contributed by atoms with Gasteiger partial charge in [0.15, 0.2) is 5.49 Å². The van der Waals surface area contributed by atoms with Gasteiger partial charge in [-0.1, -0.05) is 11.6 Å². The lowest BCUT2D eigenvalue weighted by atomic mass is 10.1. The van der Waals surface area contributed by atoms with Crippen LogP contribution in [0.25, 0.3) is 10.9 Å². The average molecular weight is 279 g/mol. The largest absolute Gasteiger partial charge is 0.426 e. The molecule has 0 spiro atoms. The average Bonchev–Trinajstić information content (AvgIpc) is 2.32. The Labute approximate surface area is 111 Å². The molecular weight excluding hydrogens is 272 g/mol. The van der Waals surface area contributed by atoms with Crippen LogP contribution in [0.4, 0.5) is 5.69 Å². The number of nitro benzene ring substituents is 1. The summed E-state index contributed by atoms with van der Waals surface area (Å²) in [4.78, 5) is 10.3. The van der Waals surface area contributed by atoms with Crippen LogP contribution in [0.15, 0.2) is 12.1 Å². The maximum Gasteiger partial charge on any atom is 0.293 e. The lowest BCUT2D eigenvalue weighted by molar-refractivity contribution is -0.385. The highest BCUT2D eigenvalue weighted by Gasteiger charge is 2.22. The fraction of sp³-hybridized carbons (Fsp3) is 0.0909. The smallest absolute Gasteiger partial charge is 0.293 e. The summed E-state index contributed by atoms with van der Waals surface area (Å²) < 4.78 is 0.451. The van der Waals surface area contributed by atoms with Crippen molar-refractivity contribution in [3.05, 3.63) is 43.9 Å². The van der Waals surface area contributed by atoms with Crippen molar-refractivity contribution in [1.29, 1.82) is 10.7 Å². The van der Waals surface area contributed by atoms with Gasteiger partial charge in [0.1, 0.15) is 11.1 Å². The van der Waals surface area contributed by atoms with E-state index in [4.69, 9.17) is 22.3 Å². The number of nitriles is 1. The SMILES string of the molecule is Cc1c([N+](=O)[O-])c(Cl)cc2cc(C#N)c(=N)n(O)c12. The zero-order valence-corrected chi connectivity index (χ0v) is 10.4. The molecule has 1 heterocycles. The van der Waals surface area contributed by atoms with E-state index in [2.05, 4.69) is 0 Å². The highest BCUT2D eigenvalue weighted by molar-refractivity contribution is 6.33. The number of nitrogens with zero attached hydrogens (tertiary/aromatic N) is 3. The fourth-order valence-electron chi connectivity index (χ4n) is 1.93. The van der Waals surface area contributed by atoms with Gasteiger partial charge in [-0.2, -0.15) is 9.99 Å². The Morgan fingerprint density at radius 2 is 2.21 bits per heavy atom. The van der Waals surface area contributed by atoms with Crippen molar-refractivity contribution in [3.63, 3.8) is 0 Å². The molecule has 7 nitrogen and oxygen atoms in total. The zero-order chi connectivity index (χ0) is 14.3. The molecule has 2 aromatic rings. The monoisotopic (exact) mass is 278 g/mol. The minimum absolute atomic E-state index is 0.0562. The molecule has 0 aliphatic heterocycles. The minimum Gasteiger partial charge on any atom is -0.426 e. The van der Waals surface area contributed by atoms with Crippen LogP contribution in [0.3, 0.4) is 0 Å². The number of nitrogens with one attached hydrogen (secondary N) is 1. The topological polar surface area (TPSA) is 116 Å². The first-order valence-corrected chi connectivity index (χ1v) is 5.43. The molecule has 1 aromatic carbocycles. The Hall–Kier alpha value is -2.59. The third kappa shape index (κ3) is 1.78. The van der Waals surface area contributed by atoms with Crippen molar-refractivity contribution in [2.24, 2.45) is 0 Å². The van der Waals surface area contributed by atoms with Gasteiger partial charge in [0.05, 0.1) is 21.6 Å². The van der Waals surface area contributed by atoms with E-state index in [1.165, 1.54) is 19.1 Å². The van der Waals surface area contributed by atoms with E-state index in [0.29, 0.717) is 10.1 Å². The van der Waals surface area contributed by atoms with Gasteiger partial charge in [-0.25, -0.2) is 0 Å². The highest BCUT2D eigenvalue weighted by atomic mass is 35.5. The molecule has 0 bridgehead atoms. The summed E-state index contributed by atoms with van der Waals surface area (Å²) in [7, 11) is 0. The van der Waals surface area contributed by atoms with Gasteiger partial charge >= 0.3 is 0 Å². The third-order valence-electron chi connectivity index (χ3n) is 2.77. The first kappa shape index (κ1) is 12.9. The summed E-state index contributed by atoms with van der Waals surface area (Å²) in [6, 6.07) is 4.40. The fourth-order valence-corrected chi connectivity index (χ4v) is 2.26. The predicted octanol–water partition coefficient (Wildman–Crippen LogP) is 2.10. The molecule has 0 saturated heterocycles. The first-order chi connectivity index (χ1) is 8.88. The number of rotatable bonds is 1. The van der Waals surface area contributed by atoms with Crippen LogP contribution in [0.5, 0.6) is 0 Å². The second kappa shape index (κ2) is 4.26. The van der Waals surface area contributed by atoms with Gasteiger partial charge < -0.3 is 5.21 Å². The van der Waals surface area contributed by atoms with E-state index in [1.807, 2.05) is 0 Å². The number of hydrogen-bond acceptors (Lipinski definition) is 5. The Balaban J connectivity index is 3.08. The Kier molecular flexibility index (Phi) is 2.88. The number of aromatic nitrogens is 1. The maximum atomic E-state index is 10.9. The van der Waals surface area contributed by atoms with Gasteiger partial charge in [-0.05, 0) is 19.1 Å². The molecule has 0 saturated carbocycles. The summed E-state index contributed by atoms with van der Waals surface area (Å²) in [5, 5.41) is 37.5. The number of benzene rings is 1. The molecule has 0 amide bonds. The lowest BCUT2D eigenvalue weighted by Gasteiger charge is -2.09. The third-order valence-corrected chi connectivity index (χ3v) is 3.06. The van der Waals surface area contributed by atoms with Gasteiger partial charge in [-0.15, -0.1) is 0 Å². The van der Waals surface area contributed by atoms with Crippen LogP contribution in [0, 0.1) is 33.8 Å². The van der Waals surface area contributed by atoms with Crippen LogP contribution in [0.1, 0.15) is 11.1 Å². The Morgan fingerprint density at radius 3 is 2.74 bits per heavy atom. The number of pyridine rings is 1. The quantitative estimate of drug-likeness (QED) is 0.472. The van der Waals surface area contributed by atoms with E-state index in [9.17, 15) is 15.3 Å². The molecule has 0 aliphatic rings. The van der Waals surface area contributed by atoms with Gasteiger partial charge in [0, 0.05) is 5.39 Å². The summed E-state index contributed by atoms with van der Waals surface area (Å²) in [5.74, 6) is 0. The number of hydrogen-bond donors (Lipinski definition) is 2. The molecule has 96 valence electrons. The normalized spacial score (nSPS) is 10.4. The van der Waals surface area contributed by atoms with Crippen molar-refractivity contribution >= 4 is 28.2 Å². The van der Waals surface area contributed by atoms with Crippen molar-refractivity contribution in [2.45, 2.75) is 6.92 Å². The predicted molar refractivity (Wildman–Crippen MR) is 66.1 cm³/mol. The molecular formula is C11H7ClN4O3. The van der Waals surface area contributed by atoms with Crippen molar-refractivity contribution < 1.29 is 10.1 Å². The van der Waals surface area contributed by atoms with Crippen LogP contribution in [-0.2, 0) is 0 Å². The second-order valence-electron chi connectivity index (χ2n) is 3.86.